The van der Waals surface area contributed by atoms with E-state index >= 15 is 0 Å². The molecule has 6 heteroatoms. The van der Waals surface area contributed by atoms with Crippen molar-refractivity contribution >= 4 is 15.8 Å². The fraction of sp³-hybridized carbons (Fsp3) is 0.533. The van der Waals surface area contributed by atoms with E-state index in [1.54, 1.807) is 6.92 Å². The number of carboxylic acid groups (broad SMARTS) is 1. The van der Waals surface area contributed by atoms with Crippen molar-refractivity contribution in [2.24, 2.45) is 0 Å². The Kier molecular flexibility index (Phi) is 5.00. The van der Waals surface area contributed by atoms with Gasteiger partial charge < -0.3 is 5.11 Å². The summed E-state index contributed by atoms with van der Waals surface area (Å²) >= 11 is 0. The largest absolute Gasteiger partial charge is 0.480 e. The molecule has 0 saturated carbocycles. The van der Waals surface area contributed by atoms with Crippen molar-refractivity contribution < 1.29 is 18.3 Å². The second-order valence-electron chi connectivity index (χ2n) is 5.32. The van der Waals surface area contributed by atoms with Gasteiger partial charge in [0.2, 0.25) is 0 Å². The van der Waals surface area contributed by atoms with Crippen LogP contribution in [0, 0.1) is 0 Å². The van der Waals surface area contributed by atoms with Gasteiger partial charge in [-0.2, -0.15) is 0 Å². The summed E-state index contributed by atoms with van der Waals surface area (Å²) in [5.74, 6) is -0.618. The Morgan fingerprint density at radius 1 is 1.38 bits per heavy atom. The van der Waals surface area contributed by atoms with Gasteiger partial charge in [0.1, 0.15) is 15.9 Å². The highest BCUT2D eigenvalue weighted by Gasteiger charge is 2.32. The number of fused-ring (bicyclic) bond motifs is 1. The number of hydrogen-bond acceptors (Lipinski definition) is 4. The van der Waals surface area contributed by atoms with Crippen LogP contribution in [-0.4, -0.2) is 49.0 Å². The zero-order valence-electron chi connectivity index (χ0n) is 12.2. The predicted molar refractivity (Wildman–Crippen MR) is 81.0 cm³/mol. The zero-order valence-corrected chi connectivity index (χ0v) is 13.0. The lowest BCUT2D eigenvalue weighted by Crippen LogP contribution is -2.40. The molecule has 0 fully saturated rings. The molecule has 0 aliphatic carbocycles. The van der Waals surface area contributed by atoms with Gasteiger partial charge in [0.25, 0.3) is 0 Å². The average molecular weight is 311 g/mol. The van der Waals surface area contributed by atoms with E-state index in [4.69, 9.17) is 0 Å². The molecular weight excluding hydrogens is 290 g/mol. The summed E-state index contributed by atoms with van der Waals surface area (Å²) in [5.41, 5.74) is 1.90. The fourth-order valence-corrected chi connectivity index (χ4v) is 3.64. The Morgan fingerprint density at radius 3 is 2.76 bits per heavy atom. The highest BCUT2D eigenvalue weighted by atomic mass is 32.2. The first-order chi connectivity index (χ1) is 9.94. The number of aliphatic carboxylic acids is 1. The van der Waals surface area contributed by atoms with E-state index in [2.05, 4.69) is 0 Å². The molecule has 1 aliphatic rings. The molecule has 21 heavy (non-hydrogen) atoms. The number of carboxylic acids is 1. The summed E-state index contributed by atoms with van der Waals surface area (Å²) in [6.45, 7) is 2.78. The molecule has 116 valence electrons. The Morgan fingerprint density at radius 2 is 2.10 bits per heavy atom. The van der Waals surface area contributed by atoms with Crippen molar-refractivity contribution in [2.75, 3.05) is 24.6 Å². The lowest BCUT2D eigenvalue weighted by atomic mass is 9.92. The number of hydrogen-bond donors (Lipinski definition) is 1. The molecule has 1 heterocycles. The first-order valence-electron chi connectivity index (χ1n) is 7.19. The smallest absolute Gasteiger partial charge is 0.325 e. The van der Waals surface area contributed by atoms with Crippen molar-refractivity contribution in [2.45, 2.75) is 25.8 Å². The number of nitrogens with zero attached hydrogens (tertiary/aromatic N) is 1. The minimum Gasteiger partial charge on any atom is -0.480 e. The summed E-state index contributed by atoms with van der Waals surface area (Å²) in [6.07, 6.45) is 1.28. The summed E-state index contributed by atoms with van der Waals surface area (Å²) in [4.78, 5) is 13.5. The van der Waals surface area contributed by atoms with Crippen LogP contribution in [0.25, 0.3) is 0 Å². The predicted octanol–water partition coefficient (Wildman–Crippen LogP) is 1.50. The molecule has 1 atom stereocenters. The van der Waals surface area contributed by atoms with Gasteiger partial charge in [-0.15, -0.1) is 0 Å². The summed E-state index contributed by atoms with van der Waals surface area (Å²) in [6, 6.07) is 6.91. The first-order valence-corrected chi connectivity index (χ1v) is 9.02. The second kappa shape index (κ2) is 6.58. The molecule has 1 aromatic rings. The van der Waals surface area contributed by atoms with Gasteiger partial charge in [0, 0.05) is 18.8 Å². The quantitative estimate of drug-likeness (QED) is 0.861. The lowest BCUT2D eigenvalue weighted by molar-refractivity contribution is -0.144. The third-order valence-electron chi connectivity index (χ3n) is 3.96. The number of sulfone groups is 1. The van der Waals surface area contributed by atoms with Crippen molar-refractivity contribution in [3.05, 3.63) is 35.4 Å². The number of rotatable bonds is 6. The van der Waals surface area contributed by atoms with Crippen LogP contribution in [-0.2, 0) is 21.1 Å². The summed E-state index contributed by atoms with van der Waals surface area (Å²) < 4.78 is 23.0. The Bertz CT molecular complexity index is 612. The third-order valence-corrected chi connectivity index (χ3v) is 5.75. The van der Waals surface area contributed by atoms with E-state index in [-0.39, 0.29) is 11.5 Å². The van der Waals surface area contributed by atoms with E-state index in [1.165, 1.54) is 0 Å². The molecule has 5 nitrogen and oxygen atoms in total. The average Bonchev–Trinajstić information content (AvgIpc) is 2.46. The Balaban J connectivity index is 2.09. The molecule has 1 unspecified atom stereocenters. The van der Waals surface area contributed by atoms with Crippen LogP contribution in [0.1, 0.15) is 30.5 Å². The lowest BCUT2D eigenvalue weighted by Gasteiger charge is -2.34. The van der Waals surface area contributed by atoms with Gasteiger partial charge in [0.05, 0.1) is 5.75 Å². The van der Waals surface area contributed by atoms with Crippen LogP contribution < -0.4 is 0 Å². The maximum Gasteiger partial charge on any atom is 0.325 e. The minimum absolute atomic E-state index is 0.119. The van der Waals surface area contributed by atoms with Crippen LogP contribution in [0.4, 0.5) is 0 Å². The number of benzene rings is 1. The molecule has 0 aromatic heterocycles. The van der Waals surface area contributed by atoms with Gasteiger partial charge in [-0.25, -0.2) is 8.42 Å². The van der Waals surface area contributed by atoms with Crippen LogP contribution in [0.3, 0.4) is 0 Å². The first kappa shape index (κ1) is 16.0. The second-order valence-corrected chi connectivity index (χ2v) is 7.79. The molecule has 1 aliphatic heterocycles. The topological polar surface area (TPSA) is 74.7 Å². The normalized spacial score (nSPS) is 19.2. The highest BCUT2D eigenvalue weighted by Crippen LogP contribution is 2.29. The molecular formula is C15H21NO4S. The number of carbonyl (C=O) groups is 1. The molecule has 0 spiro atoms. The van der Waals surface area contributed by atoms with E-state index in [0.29, 0.717) is 19.5 Å². The van der Waals surface area contributed by atoms with Crippen LogP contribution in [0.2, 0.25) is 0 Å². The van der Waals surface area contributed by atoms with E-state index in [0.717, 1.165) is 17.5 Å². The van der Waals surface area contributed by atoms with Gasteiger partial charge in [-0.3, -0.25) is 9.69 Å². The molecule has 2 rings (SSSR count). The minimum atomic E-state index is -2.99. The molecule has 1 N–H and O–H groups in total. The van der Waals surface area contributed by atoms with Crippen molar-refractivity contribution in [3.8, 4) is 0 Å². The van der Waals surface area contributed by atoms with Gasteiger partial charge in [-0.1, -0.05) is 31.2 Å². The zero-order chi connectivity index (χ0) is 15.5. The van der Waals surface area contributed by atoms with E-state index in [1.807, 2.05) is 29.2 Å². The Labute approximate surface area is 125 Å². The Hall–Kier alpha value is -1.40. The van der Waals surface area contributed by atoms with Crippen molar-refractivity contribution in [1.29, 1.82) is 0 Å². The van der Waals surface area contributed by atoms with Crippen molar-refractivity contribution in [1.82, 2.24) is 4.90 Å². The van der Waals surface area contributed by atoms with Gasteiger partial charge >= 0.3 is 5.97 Å². The molecule has 0 radical (unpaired) electrons. The fourth-order valence-electron chi connectivity index (χ4n) is 2.78. The third kappa shape index (κ3) is 3.83. The molecule has 0 amide bonds. The van der Waals surface area contributed by atoms with Crippen LogP contribution in [0.15, 0.2) is 24.3 Å². The maximum atomic E-state index is 11.6. The monoisotopic (exact) mass is 311 g/mol. The summed E-state index contributed by atoms with van der Waals surface area (Å²) in [7, 11) is -2.99. The van der Waals surface area contributed by atoms with Crippen LogP contribution in [0.5, 0.6) is 0 Å². The SMILES string of the molecule is CCS(=O)(=O)CCCN1CCc2ccccc2C1C(=O)O. The van der Waals surface area contributed by atoms with Crippen molar-refractivity contribution in [3.63, 3.8) is 0 Å². The maximum absolute atomic E-state index is 11.6. The van der Waals surface area contributed by atoms with Gasteiger partial charge in [-0.05, 0) is 24.0 Å². The standard InChI is InChI=1S/C15H21NO4S/c1-2-21(19,20)11-5-9-16-10-8-12-6-3-4-7-13(12)14(16)15(17)18/h3-4,6-7,14H,2,5,8-11H2,1H3,(H,17,18). The highest BCUT2D eigenvalue weighted by molar-refractivity contribution is 7.91. The van der Waals surface area contributed by atoms with Gasteiger partial charge in [0.15, 0.2) is 0 Å². The van der Waals surface area contributed by atoms with E-state index in [9.17, 15) is 18.3 Å². The summed E-state index contributed by atoms with van der Waals surface area (Å²) in [5, 5.41) is 9.50. The molecule has 0 bridgehead atoms. The van der Waals surface area contributed by atoms with Crippen LogP contribution >= 0.6 is 0 Å². The molecule has 1 aromatic carbocycles. The molecule has 0 saturated heterocycles. The van der Waals surface area contributed by atoms with E-state index < -0.39 is 21.8 Å².